The average Bonchev–Trinajstić information content (AvgIpc) is 3.02. The van der Waals surface area contributed by atoms with Crippen LogP contribution in [0.3, 0.4) is 0 Å². The van der Waals surface area contributed by atoms with Crippen LogP contribution in [0.25, 0.3) is 0 Å². The second-order valence-electron chi connectivity index (χ2n) is 8.80. The predicted octanol–water partition coefficient (Wildman–Crippen LogP) is 2.98. The van der Waals surface area contributed by atoms with Gasteiger partial charge in [-0.15, -0.1) is 0 Å². The van der Waals surface area contributed by atoms with E-state index < -0.39 is 12.0 Å². The van der Waals surface area contributed by atoms with Crippen molar-refractivity contribution >= 4 is 29.6 Å². The fraction of sp³-hybridized carbons (Fsp3) is 0.542. The monoisotopic (exact) mass is 491 g/mol. The lowest BCUT2D eigenvalue weighted by atomic mass is 9.94. The first-order valence-electron chi connectivity index (χ1n) is 11.7. The normalized spacial score (nSPS) is 19.7. The Morgan fingerprint density at radius 2 is 2.00 bits per heavy atom. The molecule has 0 saturated carbocycles. The Bertz CT molecular complexity index is 951. The summed E-state index contributed by atoms with van der Waals surface area (Å²) in [5, 5.41) is 6.37. The molecule has 1 atom stereocenters. The molecule has 0 spiro atoms. The van der Waals surface area contributed by atoms with Crippen molar-refractivity contribution in [1.29, 1.82) is 0 Å². The van der Waals surface area contributed by atoms with E-state index in [-0.39, 0.29) is 24.7 Å². The van der Waals surface area contributed by atoms with Crippen molar-refractivity contribution in [3.63, 3.8) is 0 Å². The van der Waals surface area contributed by atoms with Crippen LogP contribution in [0.2, 0.25) is 5.02 Å². The molecule has 1 saturated heterocycles. The molecule has 0 radical (unpaired) electrons. The highest BCUT2D eigenvalue weighted by Crippen LogP contribution is 2.32. The van der Waals surface area contributed by atoms with Crippen molar-refractivity contribution in [2.24, 2.45) is 0 Å². The number of esters is 1. The summed E-state index contributed by atoms with van der Waals surface area (Å²) in [4.78, 5) is 43.9. The summed E-state index contributed by atoms with van der Waals surface area (Å²) in [5.74, 6) is -0.470. The Kier molecular flexibility index (Phi) is 8.79. The number of carbonyl (C=O) groups is 3. The minimum atomic E-state index is -0.670. The van der Waals surface area contributed by atoms with E-state index in [9.17, 15) is 14.4 Å². The number of carbonyl (C=O) groups excluding carboxylic acids is 3. The zero-order valence-electron chi connectivity index (χ0n) is 20.3. The maximum atomic E-state index is 13.1. The summed E-state index contributed by atoms with van der Waals surface area (Å²) in [7, 11) is 1.65. The lowest BCUT2D eigenvalue weighted by molar-refractivity contribution is -0.139. The zero-order valence-corrected chi connectivity index (χ0v) is 21.0. The van der Waals surface area contributed by atoms with Gasteiger partial charge in [0.2, 0.25) is 0 Å². The molecule has 2 aliphatic heterocycles. The molecule has 9 nitrogen and oxygen atoms in total. The Morgan fingerprint density at radius 1 is 1.24 bits per heavy atom. The molecule has 0 bridgehead atoms. The summed E-state index contributed by atoms with van der Waals surface area (Å²) >= 11 is 6.20. The van der Waals surface area contributed by atoms with Crippen molar-refractivity contribution < 1.29 is 19.1 Å². The number of urea groups is 2. The lowest BCUT2D eigenvalue weighted by Crippen LogP contribution is -2.49. The molecule has 0 aromatic heterocycles. The van der Waals surface area contributed by atoms with Gasteiger partial charge in [0, 0.05) is 56.5 Å². The number of likely N-dealkylation sites (N-methyl/N-ethyl adjacent to an activating group) is 1. The van der Waals surface area contributed by atoms with Crippen molar-refractivity contribution in [1.82, 2.24) is 25.3 Å². The van der Waals surface area contributed by atoms with Crippen molar-refractivity contribution in [3.8, 4) is 0 Å². The van der Waals surface area contributed by atoms with Gasteiger partial charge in [-0.2, -0.15) is 0 Å². The summed E-state index contributed by atoms with van der Waals surface area (Å²) < 4.78 is 5.39. The smallest absolute Gasteiger partial charge is 0.338 e. The SMILES string of the molecule is CCOC(=O)C1=C(CN2CCCN(C(=O)NC(C)C)CC2)N(C)C(=O)NC1c1cccc(Cl)c1. The number of nitrogens with zero attached hydrogens (tertiary/aromatic N) is 3. The van der Waals surface area contributed by atoms with E-state index in [1.807, 2.05) is 24.8 Å². The zero-order chi connectivity index (χ0) is 24.8. The van der Waals surface area contributed by atoms with Crippen LogP contribution in [-0.2, 0) is 9.53 Å². The third-order valence-corrected chi connectivity index (χ3v) is 6.15. The maximum absolute atomic E-state index is 13.1. The fourth-order valence-corrected chi connectivity index (χ4v) is 4.42. The number of halogens is 1. The topological polar surface area (TPSA) is 94.2 Å². The molecule has 1 unspecified atom stereocenters. The molecule has 2 aliphatic rings. The fourth-order valence-electron chi connectivity index (χ4n) is 4.22. The Labute approximate surface area is 206 Å². The van der Waals surface area contributed by atoms with Gasteiger partial charge in [0.05, 0.1) is 18.2 Å². The molecule has 2 N–H and O–H groups in total. The number of benzene rings is 1. The molecule has 10 heteroatoms. The minimum absolute atomic E-state index is 0.0709. The third-order valence-electron chi connectivity index (χ3n) is 5.92. The average molecular weight is 492 g/mol. The number of ether oxygens (including phenoxy) is 1. The molecule has 1 aromatic rings. The second kappa shape index (κ2) is 11.6. The van der Waals surface area contributed by atoms with Crippen LogP contribution in [0.1, 0.15) is 38.8 Å². The molecule has 186 valence electrons. The summed E-state index contributed by atoms with van der Waals surface area (Å²) in [6.45, 7) is 8.81. The number of nitrogens with one attached hydrogen (secondary N) is 2. The highest BCUT2D eigenvalue weighted by molar-refractivity contribution is 6.30. The van der Waals surface area contributed by atoms with E-state index in [0.717, 1.165) is 13.0 Å². The van der Waals surface area contributed by atoms with E-state index in [4.69, 9.17) is 16.3 Å². The van der Waals surface area contributed by atoms with Gasteiger partial charge in [0.25, 0.3) is 0 Å². The highest BCUT2D eigenvalue weighted by atomic mass is 35.5. The minimum Gasteiger partial charge on any atom is -0.463 e. The first-order chi connectivity index (χ1) is 16.2. The van der Waals surface area contributed by atoms with Gasteiger partial charge in [-0.05, 0) is 44.9 Å². The Balaban J connectivity index is 1.90. The molecule has 4 amide bonds. The maximum Gasteiger partial charge on any atom is 0.338 e. The van der Waals surface area contributed by atoms with Gasteiger partial charge >= 0.3 is 18.0 Å². The van der Waals surface area contributed by atoms with Gasteiger partial charge in [-0.25, -0.2) is 14.4 Å². The third kappa shape index (κ3) is 6.21. The standard InChI is InChI=1S/C24H34ClN5O4/c1-5-34-22(31)20-19(15-29-10-7-11-30(13-12-29)24(33)26-16(2)3)28(4)23(32)27-21(20)17-8-6-9-18(25)14-17/h6,8-9,14,16,21H,5,7,10-13,15H2,1-4H3,(H,26,33)(H,27,32). The van der Waals surface area contributed by atoms with Crippen LogP contribution in [0, 0.1) is 0 Å². The number of rotatable bonds is 6. The van der Waals surface area contributed by atoms with Crippen LogP contribution in [0.5, 0.6) is 0 Å². The second-order valence-corrected chi connectivity index (χ2v) is 9.23. The molecular weight excluding hydrogens is 458 g/mol. The molecule has 3 rings (SSSR count). The Morgan fingerprint density at radius 3 is 2.68 bits per heavy atom. The molecule has 1 fully saturated rings. The van der Waals surface area contributed by atoms with Crippen molar-refractivity contribution in [2.75, 3.05) is 46.4 Å². The van der Waals surface area contributed by atoms with Crippen LogP contribution in [-0.4, -0.2) is 85.2 Å². The van der Waals surface area contributed by atoms with Gasteiger partial charge in [-0.1, -0.05) is 23.7 Å². The van der Waals surface area contributed by atoms with Gasteiger partial charge < -0.3 is 20.3 Å². The van der Waals surface area contributed by atoms with Crippen LogP contribution in [0.15, 0.2) is 35.5 Å². The molecule has 0 aliphatic carbocycles. The quantitative estimate of drug-likeness (QED) is 0.597. The van der Waals surface area contributed by atoms with E-state index in [0.29, 0.717) is 48.0 Å². The first-order valence-corrected chi connectivity index (χ1v) is 12.1. The summed E-state index contributed by atoms with van der Waals surface area (Å²) in [6.07, 6.45) is 0.793. The van der Waals surface area contributed by atoms with Gasteiger partial charge in [-0.3, -0.25) is 9.80 Å². The van der Waals surface area contributed by atoms with E-state index in [1.165, 1.54) is 4.90 Å². The molecular formula is C24H34ClN5O4. The largest absolute Gasteiger partial charge is 0.463 e. The van der Waals surface area contributed by atoms with Gasteiger partial charge in [0.15, 0.2) is 0 Å². The molecule has 2 heterocycles. The molecule has 1 aromatic carbocycles. The van der Waals surface area contributed by atoms with E-state index >= 15 is 0 Å². The summed E-state index contributed by atoms with van der Waals surface area (Å²) in [6, 6.07) is 6.13. The van der Waals surface area contributed by atoms with Gasteiger partial charge in [0.1, 0.15) is 0 Å². The number of amides is 4. The van der Waals surface area contributed by atoms with Crippen LogP contribution < -0.4 is 10.6 Å². The Hall–Kier alpha value is -2.78. The first kappa shape index (κ1) is 25.8. The number of hydrogen-bond donors (Lipinski definition) is 2. The predicted molar refractivity (Wildman–Crippen MR) is 130 cm³/mol. The van der Waals surface area contributed by atoms with E-state index in [1.54, 1.807) is 32.2 Å². The summed E-state index contributed by atoms with van der Waals surface area (Å²) in [5.41, 5.74) is 1.69. The van der Waals surface area contributed by atoms with E-state index in [2.05, 4.69) is 15.5 Å². The van der Waals surface area contributed by atoms with Crippen molar-refractivity contribution in [2.45, 2.75) is 39.3 Å². The van der Waals surface area contributed by atoms with Crippen LogP contribution in [0.4, 0.5) is 9.59 Å². The van der Waals surface area contributed by atoms with Crippen LogP contribution >= 0.6 is 11.6 Å². The lowest BCUT2D eigenvalue weighted by Gasteiger charge is -2.36. The highest BCUT2D eigenvalue weighted by Gasteiger charge is 2.37. The van der Waals surface area contributed by atoms with Crippen molar-refractivity contribution in [3.05, 3.63) is 46.1 Å². The molecule has 34 heavy (non-hydrogen) atoms. The number of hydrogen-bond acceptors (Lipinski definition) is 5.